The first-order chi connectivity index (χ1) is 11.3. The van der Waals surface area contributed by atoms with E-state index in [9.17, 15) is 20.1 Å². The molecule has 130 valence electrons. The number of ketones is 1. The summed E-state index contributed by atoms with van der Waals surface area (Å²) in [5.74, 6) is 0.953. The molecular weight excluding hydrogens is 304 g/mol. The Balaban J connectivity index is 1.73. The number of fused-ring (bicyclic) bond motifs is 5. The van der Waals surface area contributed by atoms with Crippen molar-refractivity contribution in [2.45, 2.75) is 63.9 Å². The van der Waals surface area contributed by atoms with Gasteiger partial charge in [0.2, 0.25) is 0 Å². The van der Waals surface area contributed by atoms with Crippen LogP contribution in [0.25, 0.3) is 0 Å². The average molecular weight is 330 g/mol. The Labute approximate surface area is 142 Å². The van der Waals surface area contributed by atoms with Crippen LogP contribution in [0.2, 0.25) is 0 Å². The molecule has 0 spiro atoms. The van der Waals surface area contributed by atoms with E-state index in [1.54, 1.807) is 12.1 Å². The Bertz CT molecular complexity index is 712. The number of Topliss-reactive ketones (excluding diaryl/α,β-unsaturated/α-hetero) is 1. The van der Waals surface area contributed by atoms with E-state index in [0.717, 1.165) is 43.2 Å². The first-order valence-corrected chi connectivity index (χ1v) is 9.06. The van der Waals surface area contributed by atoms with E-state index in [2.05, 4.69) is 6.92 Å². The van der Waals surface area contributed by atoms with Gasteiger partial charge in [-0.15, -0.1) is 0 Å². The van der Waals surface area contributed by atoms with Crippen LogP contribution in [0.5, 0.6) is 11.5 Å². The van der Waals surface area contributed by atoms with Gasteiger partial charge in [0.1, 0.15) is 5.60 Å². The predicted molar refractivity (Wildman–Crippen MR) is 90.0 cm³/mol. The molecule has 4 nitrogen and oxygen atoms in total. The van der Waals surface area contributed by atoms with Gasteiger partial charge in [-0.25, -0.2) is 0 Å². The fraction of sp³-hybridized carbons (Fsp3) is 0.650. The number of rotatable bonds is 1. The molecule has 0 saturated heterocycles. The highest BCUT2D eigenvalue weighted by atomic mass is 16.3. The second-order valence-electron chi connectivity index (χ2n) is 8.37. The van der Waals surface area contributed by atoms with Gasteiger partial charge >= 0.3 is 0 Å². The third-order valence-electron chi connectivity index (χ3n) is 7.55. The van der Waals surface area contributed by atoms with Gasteiger partial charge in [0, 0.05) is 5.41 Å². The van der Waals surface area contributed by atoms with Crippen LogP contribution in [0, 0.1) is 17.3 Å². The maximum Gasteiger partial charge on any atom is 0.161 e. The van der Waals surface area contributed by atoms with Gasteiger partial charge in [-0.2, -0.15) is 0 Å². The molecule has 4 heteroatoms. The lowest BCUT2D eigenvalue weighted by Gasteiger charge is -2.52. The number of phenols is 2. The minimum atomic E-state index is -1.18. The standard InChI is InChI=1S/C20H26O4/c1-11(21)20(24)8-6-16-14-4-3-12-9-17(22)18(23)10-15(12)13(14)5-7-19(16,20)2/h9-10,13-14,16,22-24H,3-8H2,1-2H3/t13-,14+,16-,19-,20-/m0/s1. The molecule has 3 aliphatic carbocycles. The third-order valence-corrected chi connectivity index (χ3v) is 7.55. The molecule has 24 heavy (non-hydrogen) atoms. The van der Waals surface area contributed by atoms with E-state index in [4.69, 9.17) is 0 Å². The molecule has 0 unspecified atom stereocenters. The zero-order valence-electron chi connectivity index (χ0n) is 14.4. The summed E-state index contributed by atoms with van der Waals surface area (Å²) in [6, 6.07) is 3.44. The zero-order chi connectivity index (χ0) is 17.3. The van der Waals surface area contributed by atoms with Crippen LogP contribution in [0.1, 0.15) is 63.0 Å². The van der Waals surface area contributed by atoms with E-state index in [-0.39, 0.29) is 22.7 Å². The molecule has 1 aromatic rings. The number of carbonyl (C=O) groups is 1. The summed E-state index contributed by atoms with van der Waals surface area (Å²) in [6.45, 7) is 3.63. The number of carbonyl (C=O) groups excluding carboxylic acids is 1. The molecule has 0 amide bonds. The van der Waals surface area contributed by atoms with Gasteiger partial charge in [-0.3, -0.25) is 4.79 Å². The summed E-state index contributed by atoms with van der Waals surface area (Å²) >= 11 is 0. The van der Waals surface area contributed by atoms with Crippen LogP contribution in [-0.2, 0) is 11.2 Å². The first kappa shape index (κ1) is 15.9. The van der Waals surface area contributed by atoms with Crippen molar-refractivity contribution in [1.29, 1.82) is 0 Å². The van der Waals surface area contributed by atoms with Gasteiger partial charge in [0.15, 0.2) is 17.3 Å². The molecular formula is C20H26O4. The zero-order valence-corrected chi connectivity index (χ0v) is 14.4. The largest absolute Gasteiger partial charge is 0.504 e. The quantitative estimate of drug-likeness (QED) is 0.691. The number of aromatic hydroxyl groups is 2. The van der Waals surface area contributed by atoms with Crippen LogP contribution in [0.4, 0.5) is 0 Å². The van der Waals surface area contributed by atoms with Gasteiger partial charge in [-0.05, 0) is 86.5 Å². The van der Waals surface area contributed by atoms with Crippen molar-refractivity contribution in [2.75, 3.05) is 0 Å². The Morgan fingerprint density at radius 2 is 1.83 bits per heavy atom. The van der Waals surface area contributed by atoms with Gasteiger partial charge < -0.3 is 15.3 Å². The minimum Gasteiger partial charge on any atom is -0.504 e. The molecule has 3 N–H and O–H groups in total. The van der Waals surface area contributed by atoms with Crippen LogP contribution < -0.4 is 0 Å². The van der Waals surface area contributed by atoms with E-state index >= 15 is 0 Å². The van der Waals surface area contributed by atoms with Gasteiger partial charge in [0.05, 0.1) is 0 Å². The number of aryl methyl sites for hydroxylation is 1. The summed E-state index contributed by atoms with van der Waals surface area (Å²) in [7, 11) is 0. The van der Waals surface area contributed by atoms with Crippen molar-refractivity contribution in [3.05, 3.63) is 23.3 Å². The SMILES string of the molecule is CC(=O)[C@@]1(O)CC[C@H]2[C@@H]3CCc4cc(O)c(O)cc4[C@H]3CC[C@@]21C. The van der Waals surface area contributed by atoms with E-state index in [1.165, 1.54) is 6.92 Å². The summed E-state index contributed by atoms with van der Waals surface area (Å²) in [5.41, 5.74) is 0.771. The Morgan fingerprint density at radius 3 is 2.54 bits per heavy atom. The second-order valence-corrected chi connectivity index (χ2v) is 8.37. The van der Waals surface area contributed by atoms with Crippen molar-refractivity contribution in [2.24, 2.45) is 17.3 Å². The smallest absolute Gasteiger partial charge is 0.161 e. The highest BCUT2D eigenvalue weighted by molar-refractivity contribution is 5.86. The van der Waals surface area contributed by atoms with Crippen molar-refractivity contribution in [3.8, 4) is 11.5 Å². The normalized spacial score (nSPS) is 40.5. The molecule has 2 saturated carbocycles. The summed E-state index contributed by atoms with van der Waals surface area (Å²) in [5, 5.41) is 30.8. The lowest BCUT2D eigenvalue weighted by atomic mass is 9.53. The first-order valence-electron chi connectivity index (χ1n) is 9.06. The molecule has 0 heterocycles. The fourth-order valence-corrected chi connectivity index (χ4v) is 6.19. The van der Waals surface area contributed by atoms with Crippen molar-refractivity contribution >= 4 is 5.78 Å². The van der Waals surface area contributed by atoms with Gasteiger partial charge in [-0.1, -0.05) is 6.92 Å². The molecule has 0 radical (unpaired) electrons. The predicted octanol–water partition coefficient (Wildman–Crippen LogP) is 3.27. The number of benzene rings is 1. The Morgan fingerprint density at radius 1 is 1.12 bits per heavy atom. The lowest BCUT2D eigenvalue weighted by Crippen LogP contribution is -2.54. The van der Waals surface area contributed by atoms with E-state index in [1.807, 2.05) is 0 Å². The molecule has 5 atom stereocenters. The maximum atomic E-state index is 12.2. The molecule has 3 aliphatic rings. The molecule has 4 rings (SSSR count). The van der Waals surface area contributed by atoms with Crippen LogP contribution in [0.3, 0.4) is 0 Å². The Kier molecular flexibility index (Phi) is 3.31. The summed E-state index contributed by atoms with van der Waals surface area (Å²) < 4.78 is 0. The molecule has 0 aliphatic heterocycles. The van der Waals surface area contributed by atoms with Gasteiger partial charge in [0.25, 0.3) is 0 Å². The summed E-state index contributed by atoms with van der Waals surface area (Å²) in [4.78, 5) is 12.2. The monoisotopic (exact) mass is 330 g/mol. The third kappa shape index (κ3) is 1.86. The number of hydrogen-bond acceptors (Lipinski definition) is 4. The number of hydrogen-bond donors (Lipinski definition) is 3. The molecule has 0 aromatic heterocycles. The lowest BCUT2D eigenvalue weighted by molar-refractivity contribution is -0.154. The molecule has 2 fully saturated rings. The van der Waals surface area contributed by atoms with Crippen molar-refractivity contribution in [1.82, 2.24) is 0 Å². The van der Waals surface area contributed by atoms with Crippen LogP contribution in [0.15, 0.2) is 12.1 Å². The van der Waals surface area contributed by atoms with Crippen LogP contribution >= 0.6 is 0 Å². The fourth-order valence-electron chi connectivity index (χ4n) is 6.19. The van der Waals surface area contributed by atoms with E-state index in [0.29, 0.717) is 24.2 Å². The minimum absolute atomic E-state index is 0.0420. The van der Waals surface area contributed by atoms with Crippen molar-refractivity contribution < 1.29 is 20.1 Å². The molecule has 1 aromatic carbocycles. The maximum absolute atomic E-state index is 12.2. The number of aliphatic hydroxyl groups is 1. The highest BCUT2D eigenvalue weighted by Gasteiger charge is 2.63. The Hall–Kier alpha value is -1.55. The van der Waals surface area contributed by atoms with Crippen molar-refractivity contribution in [3.63, 3.8) is 0 Å². The number of phenolic OH excluding ortho intramolecular Hbond substituents is 2. The molecule has 0 bridgehead atoms. The second kappa shape index (κ2) is 4.98. The van der Waals surface area contributed by atoms with E-state index < -0.39 is 5.60 Å². The summed E-state index contributed by atoms with van der Waals surface area (Å²) in [6.07, 6.45) is 5.12. The highest BCUT2D eigenvalue weighted by Crippen LogP contribution is 2.64. The topological polar surface area (TPSA) is 77.8 Å². The average Bonchev–Trinajstić information content (AvgIpc) is 2.81. The van der Waals surface area contributed by atoms with Crippen LogP contribution in [-0.4, -0.2) is 26.7 Å².